The lowest BCUT2D eigenvalue weighted by molar-refractivity contribution is -0.00383. The molecule has 2 fully saturated rings. The highest BCUT2D eigenvalue weighted by Gasteiger charge is 2.34. The highest BCUT2D eigenvalue weighted by atomic mass is 28.3. The smallest absolute Gasteiger partial charge is 0.365 e. The molecule has 23 heavy (non-hydrogen) atoms. The number of hydrogen-bond acceptors (Lipinski definition) is 2. The van der Waals surface area contributed by atoms with Crippen molar-refractivity contribution in [3.8, 4) is 0 Å². The third-order valence-electron chi connectivity index (χ3n) is 6.38. The van der Waals surface area contributed by atoms with E-state index >= 15 is 0 Å². The van der Waals surface area contributed by atoms with Gasteiger partial charge in [0, 0.05) is 0 Å². The van der Waals surface area contributed by atoms with Crippen molar-refractivity contribution in [1.29, 1.82) is 0 Å². The van der Waals surface area contributed by atoms with Gasteiger partial charge in [-0.05, 0) is 61.2 Å². The van der Waals surface area contributed by atoms with Gasteiger partial charge in [-0.1, -0.05) is 54.4 Å². The molecular weight excluding hydrogens is 300 g/mol. The van der Waals surface area contributed by atoms with Gasteiger partial charge in [-0.15, -0.1) is 0 Å². The normalized spacial score (nSPS) is 39.1. The van der Waals surface area contributed by atoms with Gasteiger partial charge < -0.3 is 8.85 Å². The van der Waals surface area contributed by atoms with Crippen LogP contribution in [0.5, 0.6) is 0 Å². The van der Waals surface area contributed by atoms with Crippen molar-refractivity contribution in [2.75, 3.05) is 0 Å². The lowest BCUT2D eigenvalue weighted by atomic mass is 9.75. The molecule has 6 unspecified atom stereocenters. The van der Waals surface area contributed by atoms with Gasteiger partial charge in [0.25, 0.3) is 0 Å². The summed E-state index contributed by atoms with van der Waals surface area (Å²) in [4.78, 5) is 0. The Morgan fingerprint density at radius 3 is 1.43 bits per heavy atom. The van der Waals surface area contributed by atoms with E-state index in [1.54, 1.807) is 0 Å². The maximum absolute atomic E-state index is 6.35. The lowest BCUT2D eigenvalue weighted by Gasteiger charge is -2.39. The minimum Gasteiger partial charge on any atom is -0.392 e. The molecule has 0 amide bonds. The minimum absolute atomic E-state index is 0.310. The molecule has 6 atom stereocenters. The Morgan fingerprint density at radius 1 is 0.696 bits per heavy atom. The second kappa shape index (κ2) is 9.01. The van der Waals surface area contributed by atoms with E-state index in [1.165, 1.54) is 38.5 Å². The van der Waals surface area contributed by atoms with Crippen LogP contribution >= 0.6 is 0 Å². The molecule has 0 saturated heterocycles. The summed E-state index contributed by atoms with van der Waals surface area (Å²) in [5.41, 5.74) is 0. The Balaban J connectivity index is 1.83. The van der Waals surface area contributed by atoms with Crippen LogP contribution in [0.1, 0.15) is 80.1 Å². The third-order valence-corrected chi connectivity index (χ3v) is 7.30. The van der Waals surface area contributed by atoms with Crippen molar-refractivity contribution >= 4 is 10.0 Å². The fourth-order valence-electron chi connectivity index (χ4n) is 4.72. The molecule has 0 spiro atoms. The standard InChI is InChI=1S/C20H39O2Si/c1-13(2)17-9-7-15(5)11-19(17)21-23-22-20-12-16(6)8-10-18(20)14(3)4/h13-20,23H,7-12H2,1-6H3. The van der Waals surface area contributed by atoms with Gasteiger partial charge in [-0.3, -0.25) is 0 Å². The molecule has 2 saturated carbocycles. The summed E-state index contributed by atoms with van der Waals surface area (Å²) >= 11 is 0. The Bertz CT molecular complexity index is 313. The minimum atomic E-state index is -0.310. The SMILES string of the molecule is CC1CCC(C(C)C)C(O[SiH]OC2CC(C)CCC2C(C)C)C1. The molecular formula is C20H39O2Si. The molecule has 0 heterocycles. The summed E-state index contributed by atoms with van der Waals surface area (Å²) in [6, 6.07) is 0. The maximum Gasteiger partial charge on any atom is 0.365 e. The quantitative estimate of drug-likeness (QED) is 0.619. The van der Waals surface area contributed by atoms with Crippen LogP contribution in [-0.4, -0.2) is 22.2 Å². The zero-order valence-corrected chi connectivity index (χ0v) is 17.4. The molecule has 135 valence electrons. The molecule has 2 rings (SSSR count). The monoisotopic (exact) mass is 339 g/mol. The fraction of sp³-hybridized carbons (Fsp3) is 1.00. The van der Waals surface area contributed by atoms with Crippen LogP contribution in [-0.2, 0) is 8.85 Å². The second-order valence-electron chi connectivity index (χ2n) is 9.10. The Hall–Kier alpha value is 0.137. The van der Waals surface area contributed by atoms with E-state index in [-0.39, 0.29) is 10.0 Å². The van der Waals surface area contributed by atoms with E-state index in [0.717, 1.165) is 35.5 Å². The summed E-state index contributed by atoms with van der Waals surface area (Å²) in [7, 11) is -0.310. The average molecular weight is 340 g/mol. The summed E-state index contributed by atoms with van der Waals surface area (Å²) in [6.07, 6.45) is 8.74. The van der Waals surface area contributed by atoms with E-state index in [1.807, 2.05) is 0 Å². The van der Waals surface area contributed by atoms with Crippen LogP contribution < -0.4 is 0 Å². The van der Waals surface area contributed by atoms with E-state index in [9.17, 15) is 0 Å². The van der Waals surface area contributed by atoms with Gasteiger partial charge in [0.05, 0.1) is 12.2 Å². The molecule has 0 aromatic heterocycles. The van der Waals surface area contributed by atoms with Crippen molar-refractivity contribution in [3.63, 3.8) is 0 Å². The highest BCUT2D eigenvalue weighted by molar-refractivity contribution is 6.18. The molecule has 2 aliphatic carbocycles. The van der Waals surface area contributed by atoms with E-state index < -0.39 is 0 Å². The topological polar surface area (TPSA) is 18.5 Å². The van der Waals surface area contributed by atoms with Crippen LogP contribution in [0.4, 0.5) is 0 Å². The van der Waals surface area contributed by atoms with Gasteiger partial charge in [0.1, 0.15) is 0 Å². The first-order valence-electron chi connectivity index (χ1n) is 10.0. The largest absolute Gasteiger partial charge is 0.392 e. The van der Waals surface area contributed by atoms with Crippen molar-refractivity contribution in [2.45, 2.75) is 92.3 Å². The summed E-state index contributed by atoms with van der Waals surface area (Å²) < 4.78 is 12.7. The predicted octanol–water partition coefficient (Wildman–Crippen LogP) is 5.21. The summed E-state index contributed by atoms with van der Waals surface area (Å²) in [5, 5.41) is 0. The van der Waals surface area contributed by atoms with E-state index in [2.05, 4.69) is 41.5 Å². The lowest BCUT2D eigenvalue weighted by Crippen LogP contribution is -2.39. The molecule has 3 heteroatoms. The van der Waals surface area contributed by atoms with E-state index in [4.69, 9.17) is 8.85 Å². The fourth-order valence-corrected chi connectivity index (χ4v) is 5.69. The molecule has 0 bridgehead atoms. The summed E-state index contributed by atoms with van der Waals surface area (Å²) in [5.74, 6) is 4.54. The number of rotatable bonds is 6. The molecule has 0 aliphatic heterocycles. The van der Waals surface area contributed by atoms with Gasteiger partial charge >= 0.3 is 10.0 Å². The van der Waals surface area contributed by atoms with Crippen LogP contribution in [0.3, 0.4) is 0 Å². The van der Waals surface area contributed by atoms with Crippen molar-refractivity contribution in [2.24, 2.45) is 35.5 Å². The third kappa shape index (κ3) is 5.57. The Kier molecular flexibility index (Phi) is 7.62. The Labute approximate surface area is 147 Å². The van der Waals surface area contributed by atoms with Gasteiger partial charge in [-0.2, -0.15) is 0 Å². The van der Waals surface area contributed by atoms with Crippen molar-refractivity contribution in [1.82, 2.24) is 0 Å². The van der Waals surface area contributed by atoms with Crippen molar-refractivity contribution in [3.05, 3.63) is 0 Å². The van der Waals surface area contributed by atoms with Crippen LogP contribution in [0.25, 0.3) is 0 Å². The molecule has 2 aliphatic rings. The average Bonchev–Trinajstić information content (AvgIpc) is 2.46. The first-order chi connectivity index (χ1) is 10.9. The zero-order valence-electron chi connectivity index (χ0n) is 16.3. The predicted molar refractivity (Wildman–Crippen MR) is 99.6 cm³/mol. The molecule has 0 aromatic carbocycles. The molecule has 0 aromatic rings. The molecule has 1 radical (unpaired) electrons. The summed E-state index contributed by atoms with van der Waals surface area (Å²) in [6.45, 7) is 14.2. The van der Waals surface area contributed by atoms with Crippen LogP contribution in [0.2, 0.25) is 0 Å². The van der Waals surface area contributed by atoms with Crippen LogP contribution in [0.15, 0.2) is 0 Å². The Morgan fingerprint density at radius 2 is 1.09 bits per heavy atom. The van der Waals surface area contributed by atoms with Gasteiger partial charge in [-0.25, -0.2) is 0 Å². The van der Waals surface area contributed by atoms with E-state index in [0.29, 0.717) is 12.2 Å². The number of hydrogen-bond donors (Lipinski definition) is 0. The van der Waals surface area contributed by atoms with Gasteiger partial charge in [0.2, 0.25) is 0 Å². The first-order valence-corrected chi connectivity index (χ1v) is 10.9. The molecule has 2 nitrogen and oxygen atoms in total. The van der Waals surface area contributed by atoms with Crippen molar-refractivity contribution < 1.29 is 8.85 Å². The van der Waals surface area contributed by atoms with Crippen LogP contribution in [0, 0.1) is 35.5 Å². The molecule has 0 N–H and O–H groups in total. The second-order valence-corrected chi connectivity index (χ2v) is 9.83. The van der Waals surface area contributed by atoms with Gasteiger partial charge in [0.15, 0.2) is 0 Å². The highest BCUT2D eigenvalue weighted by Crippen LogP contribution is 2.37. The first kappa shape index (κ1) is 19.5. The maximum atomic E-state index is 6.35. The zero-order chi connectivity index (χ0) is 17.0.